The Bertz CT molecular complexity index is 1320. The summed E-state index contributed by atoms with van der Waals surface area (Å²) in [5.74, 6) is -2.86. The second-order valence-electron chi connectivity index (χ2n) is 8.04. The molecule has 36 heavy (non-hydrogen) atoms. The van der Waals surface area contributed by atoms with Crippen molar-refractivity contribution in [2.24, 2.45) is 0 Å². The van der Waals surface area contributed by atoms with E-state index in [0.29, 0.717) is 5.56 Å². The first-order valence-corrected chi connectivity index (χ1v) is 10.7. The van der Waals surface area contributed by atoms with Crippen LogP contribution in [0.5, 0.6) is 11.5 Å². The van der Waals surface area contributed by atoms with Crippen LogP contribution >= 0.6 is 0 Å². The molecule has 4 rings (SSSR count). The van der Waals surface area contributed by atoms with E-state index in [1.54, 1.807) is 30.3 Å². The van der Waals surface area contributed by atoms with Gasteiger partial charge in [0.2, 0.25) is 6.29 Å². The molecule has 5 atom stereocenters. The second kappa shape index (κ2) is 10.3. The van der Waals surface area contributed by atoms with Crippen LogP contribution in [0.1, 0.15) is 6.42 Å². The van der Waals surface area contributed by atoms with Crippen molar-refractivity contribution < 1.29 is 53.7 Å². The normalized spacial score (nSPS) is 23.8. The monoisotopic (exact) mass is 502 g/mol. The van der Waals surface area contributed by atoms with Crippen LogP contribution in [0.2, 0.25) is 0 Å². The van der Waals surface area contributed by atoms with E-state index >= 15 is 0 Å². The third-order valence-corrected chi connectivity index (χ3v) is 5.47. The molecule has 0 saturated carbocycles. The Morgan fingerprint density at radius 2 is 1.69 bits per heavy atom. The Hall–Kier alpha value is -3.97. The number of hydrogen-bond donors (Lipinski definition) is 5. The minimum atomic E-state index is -1.77. The number of aliphatic hydroxyl groups excluding tert-OH is 3. The molecule has 0 bridgehead atoms. The Morgan fingerprint density at radius 3 is 2.39 bits per heavy atom. The molecule has 1 aliphatic heterocycles. The molecule has 0 amide bonds. The molecule has 1 aliphatic rings. The molecule has 1 saturated heterocycles. The Morgan fingerprint density at radius 1 is 0.972 bits per heavy atom. The molecule has 12 nitrogen and oxygen atoms in total. The SMILES string of the molecule is O=C(O)CC(=O)OCC1OC(Oc2cc(O)c3c(=O)cc(-c4ccccc4)oc3c2)C(O)C(O)C1O. The highest BCUT2D eigenvalue weighted by molar-refractivity contribution is 5.90. The largest absolute Gasteiger partial charge is 0.507 e. The van der Waals surface area contributed by atoms with Gasteiger partial charge < -0.3 is 44.2 Å². The fourth-order valence-electron chi connectivity index (χ4n) is 3.69. The number of carboxylic acid groups (broad SMARTS) is 1. The van der Waals surface area contributed by atoms with Crippen LogP contribution in [-0.2, 0) is 19.1 Å². The van der Waals surface area contributed by atoms with Crippen LogP contribution in [0.4, 0.5) is 0 Å². The van der Waals surface area contributed by atoms with Gasteiger partial charge in [0.15, 0.2) is 5.43 Å². The molecule has 0 radical (unpaired) electrons. The second-order valence-corrected chi connectivity index (χ2v) is 8.04. The fraction of sp³-hybridized carbons (Fsp3) is 0.292. The van der Waals surface area contributed by atoms with Crippen LogP contribution in [0, 0.1) is 0 Å². The van der Waals surface area contributed by atoms with Crippen molar-refractivity contribution >= 4 is 22.9 Å². The van der Waals surface area contributed by atoms with Gasteiger partial charge in [0, 0.05) is 23.8 Å². The van der Waals surface area contributed by atoms with Crippen molar-refractivity contribution in [3.63, 3.8) is 0 Å². The van der Waals surface area contributed by atoms with Gasteiger partial charge in [-0.1, -0.05) is 30.3 Å². The fourth-order valence-corrected chi connectivity index (χ4v) is 3.69. The quantitative estimate of drug-likeness (QED) is 0.220. The Labute approximate surface area is 202 Å². The van der Waals surface area contributed by atoms with Crippen molar-refractivity contribution in [1.82, 2.24) is 0 Å². The van der Waals surface area contributed by atoms with Gasteiger partial charge in [-0.2, -0.15) is 0 Å². The third kappa shape index (κ3) is 5.31. The van der Waals surface area contributed by atoms with E-state index in [1.807, 2.05) is 0 Å². The van der Waals surface area contributed by atoms with Gasteiger partial charge in [-0.05, 0) is 0 Å². The molecule has 1 aromatic heterocycles. The zero-order valence-corrected chi connectivity index (χ0v) is 18.5. The summed E-state index contributed by atoms with van der Waals surface area (Å²) in [6.07, 6.45) is -9.11. The number of hydrogen-bond acceptors (Lipinski definition) is 11. The zero-order valence-electron chi connectivity index (χ0n) is 18.5. The molecule has 2 heterocycles. The lowest BCUT2D eigenvalue weighted by Crippen LogP contribution is -2.60. The van der Waals surface area contributed by atoms with E-state index < -0.39 is 66.9 Å². The molecule has 5 N–H and O–H groups in total. The van der Waals surface area contributed by atoms with Gasteiger partial charge in [-0.25, -0.2) is 0 Å². The number of esters is 1. The van der Waals surface area contributed by atoms with Crippen LogP contribution in [0.25, 0.3) is 22.3 Å². The van der Waals surface area contributed by atoms with E-state index in [9.17, 15) is 34.8 Å². The number of phenols is 1. The van der Waals surface area contributed by atoms with E-state index in [2.05, 4.69) is 0 Å². The highest BCUT2D eigenvalue weighted by Gasteiger charge is 2.45. The van der Waals surface area contributed by atoms with E-state index in [-0.39, 0.29) is 22.5 Å². The number of phenolic OH excluding ortho intramolecular Hbond substituents is 1. The van der Waals surface area contributed by atoms with Crippen molar-refractivity contribution in [1.29, 1.82) is 0 Å². The van der Waals surface area contributed by atoms with Crippen LogP contribution in [-0.4, -0.2) is 74.8 Å². The first-order valence-electron chi connectivity index (χ1n) is 10.7. The molecule has 5 unspecified atom stereocenters. The molecule has 12 heteroatoms. The number of benzene rings is 2. The third-order valence-electron chi connectivity index (χ3n) is 5.47. The van der Waals surface area contributed by atoms with Crippen molar-refractivity contribution in [3.05, 3.63) is 58.8 Å². The summed E-state index contributed by atoms with van der Waals surface area (Å²) >= 11 is 0. The number of ether oxygens (including phenoxy) is 3. The lowest BCUT2D eigenvalue weighted by atomic mass is 9.99. The van der Waals surface area contributed by atoms with Gasteiger partial charge in [0.1, 0.15) is 65.7 Å². The number of carbonyl (C=O) groups excluding carboxylic acids is 1. The number of fused-ring (bicyclic) bond motifs is 1. The van der Waals surface area contributed by atoms with Crippen molar-refractivity contribution in [2.45, 2.75) is 37.1 Å². The maximum absolute atomic E-state index is 12.6. The maximum Gasteiger partial charge on any atom is 0.317 e. The lowest BCUT2D eigenvalue weighted by molar-refractivity contribution is -0.278. The molecule has 2 aromatic carbocycles. The summed E-state index contributed by atoms with van der Waals surface area (Å²) in [4.78, 5) is 34.7. The van der Waals surface area contributed by atoms with E-state index in [4.69, 9.17) is 23.7 Å². The van der Waals surface area contributed by atoms with Crippen LogP contribution < -0.4 is 10.2 Å². The molecule has 190 valence electrons. The van der Waals surface area contributed by atoms with Crippen molar-refractivity contribution in [2.75, 3.05) is 6.61 Å². The predicted molar refractivity (Wildman–Crippen MR) is 120 cm³/mol. The van der Waals surface area contributed by atoms with Crippen LogP contribution in [0.3, 0.4) is 0 Å². The number of aromatic hydroxyl groups is 1. The summed E-state index contributed by atoms with van der Waals surface area (Å²) in [6.45, 7) is -0.630. The van der Waals surface area contributed by atoms with Gasteiger partial charge >= 0.3 is 11.9 Å². The maximum atomic E-state index is 12.6. The highest BCUT2D eigenvalue weighted by Crippen LogP contribution is 2.33. The minimum Gasteiger partial charge on any atom is -0.507 e. The first kappa shape index (κ1) is 25.1. The number of rotatable bonds is 7. The number of carbonyl (C=O) groups is 2. The zero-order chi connectivity index (χ0) is 26.0. The summed E-state index contributed by atoms with van der Waals surface area (Å²) < 4.78 is 21.5. The van der Waals surface area contributed by atoms with Gasteiger partial charge in [0.05, 0.1) is 0 Å². The van der Waals surface area contributed by atoms with E-state index in [0.717, 1.165) is 6.07 Å². The smallest absolute Gasteiger partial charge is 0.317 e. The minimum absolute atomic E-state index is 0.0265. The van der Waals surface area contributed by atoms with Crippen LogP contribution in [0.15, 0.2) is 57.7 Å². The summed E-state index contributed by atoms with van der Waals surface area (Å²) in [6, 6.07) is 12.4. The van der Waals surface area contributed by atoms with Crippen molar-refractivity contribution in [3.8, 4) is 22.8 Å². The summed E-state index contributed by atoms with van der Waals surface area (Å²) in [7, 11) is 0. The standard InChI is InChI=1S/C24H22O12/c25-13-6-12(7-16-20(13)14(26)8-15(35-16)11-4-2-1-3-5-11)34-24-23(32)22(31)21(30)17(36-24)10-33-19(29)9-18(27)28/h1-8,17,21-25,30-32H,9-10H2,(H,27,28). The number of carboxylic acids is 1. The highest BCUT2D eigenvalue weighted by atomic mass is 16.7. The topological polar surface area (TPSA) is 193 Å². The van der Waals surface area contributed by atoms with E-state index in [1.165, 1.54) is 12.1 Å². The predicted octanol–water partition coefficient (Wildman–Crippen LogP) is 0.370. The molecule has 0 spiro atoms. The molecular weight excluding hydrogens is 480 g/mol. The lowest BCUT2D eigenvalue weighted by Gasteiger charge is -2.39. The summed E-state index contributed by atoms with van der Waals surface area (Å²) in [5.41, 5.74) is 0.0852. The molecule has 0 aliphatic carbocycles. The van der Waals surface area contributed by atoms with Gasteiger partial charge in [-0.15, -0.1) is 0 Å². The molecular formula is C24H22O12. The number of aliphatic hydroxyl groups is 3. The molecule has 1 fully saturated rings. The average molecular weight is 502 g/mol. The Balaban J connectivity index is 1.58. The average Bonchev–Trinajstić information content (AvgIpc) is 2.83. The first-order chi connectivity index (χ1) is 17.1. The number of aliphatic carboxylic acids is 1. The Kier molecular flexibility index (Phi) is 7.22. The molecule has 3 aromatic rings. The summed E-state index contributed by atoms with van der Waals surface area (Å²) in [5, 5.41) is 49.6. The van der Waals surface area contributed by atoms with Gasteiger partial charge in [0.25, 0.3) is 0 Å². The van der Waals surface area contributed by atoms with Gasteiger partial charge in [-0.3, -0.25) is 14.4 Å².